The Morgan fingerprint density at radius 1 is 1.50 bits per heavy atom. The fraction of sp³-hybridized carbons (Fsp3) is 0.182. The molecule has 0 aromatic heterocycles. The summed E-state index contributed by atoms with van der Waals surface area (Å²) in [5.74, 6) is -1.04. The van der Waals surface area contributed by atoms with Crippen LogP contribution in [-0.2, 0) is 10.5 Å². The Morgan fingerprint density at radius 2 is 2.19 bits per heavy atom. The number of hydrogen-bond acceptors (Lipinski definition) is 4. The number of aromatic hydroxyl groups is 1. The van der Waals surface area contributed by atoms with Gasteiger partial charge in [-0.2, -0.15) is 0 Å². The Balaban J connectivity index is 2.68. The predicted octanol–water partition coefficient (Wildman–Crippen LogP) is 0.471. The standard InChI is InChI=1S/C11H12N2O3/c1-6-4-8-7(5-9(6)14)2-3-13-11(8,12)10(15)16/h2-5,13-14H,12H2,1H3,(H,15,16). The number of carbonyl (C=O) groups is 1. The number of fused-ring (bicyclic) bond motifs is 1. The normalized spacial score (nSPS) is 22.4. The van der Waals surface area contributed by atoms with E-state index in [0.717, 1.165) is 0 Å². The summed E-state index contributed by atoms with van der Waals surface area (Å²) < 4.78 is 0. The smallest absolute Gasteiger partial charge is 0.349 e. The maximum atomic E-state index is 11.2. The summed E-state index contributed by atoms with van der Waals surface area (Å²) in [6.07, 6.45) is 3.13. The van der Waals surface area contributed by atoms with Gasteiger partial charge in [0, 0.05) is 5.56 Å². The summed E-state index contributed by atoms with van der Waals surface area (Å²) in [7, 11) is 0. The summed E-state index contributed by atoms with van der Waals surface area (Å²) in [5.41, 5.74) is 5.79. The van der Waals surface area contributed by atoms with E-state index in [9.17, 15) is 9.90 Å². The lowest BCUT2D eigenvalue weighted by molar-refractivity contribution is -0.144. The van der Waals surface area contributed by atoms with Crippen molar-refractivity contribution < 1.29 is 15.0 Å². The van der Waals surface area contributed by atoms with Crippen LogP contribution in [0.5, 0.6) is 5.75 Å². The molecule has 2 rings (SSSR count). The Hall–Kier alpha value is -2.01. The van der Waals surface area contributed by atoms with Gasteiger partial charge in [0.15, 0.2) is 0 Å². The van der Waals surface area contributed by atoms with Gasteiger partial charge in [-0.3, -0.25) is 5.73 Å². The number of rotatable bonds is 1. The lowest BCUT2D eigenvalue weighted by Crippen LogP contribution is -2.56. The number of aryl methyl sites for hydroxylation is 1. The number of benzene rings is 1. The molecule has 0 bridgehead atoms. The van der Waals surface area contributed by atoms with Crippen LogP contribution in [0.15, 0.2) is 18.3 Å². The van der Waals surface area contributed by atoms with Crippen LogP contribution >= 0.6 is 0 Å². The van der Waals surface area contributed by atoms with Crippen molar-refractivity contribution in [3.05, 3.63) is 35.0 Å². The number of carboxylic acids is 1. The van der Waals surface area contributed by atoms with E-state index in [4.69, 9.17) is 10.8 Å². The number of nitrogens with one attached hydrogen (secondary N) is 1. The molecule has 5 heteroatoms. The molecular weight excluding hydrogens is 208 g/mol. The molecule has 16 heavy (non-hydrogen) atoms. The first-order valence-electron chi connectivity index (χ1n) is 4.76. The molecule has 1 heterocycles. The van der Waals surface area contributed by atoms with Gasteiger partial charge in [0.1, 0.15) is 5.75 Å². The number of carboxylic acid groups (broad SMARTS) is 1. The highest BCUT2D eigenvalue weighted by molar-refractivity contribution is 5.84. The lowest BCUT2D eigenvalue weighted by Gasteiger charge is -2.30. The van der Waals surface area contributed by atoms with Crippen molar-refractivity contribution in [3.63, 3.8) is 0 Å². The lowest BCUT2D eigenvalue weighted by atomic mass is 9.90. The van der Waals surface area contributed by atoms with Crippen molar-refractivity contribution in [1.29, 1.82) is 0 Å². The second-order valence-corrected chi connectivity index (χ2v) is 3.82. The van der Waals surface area contributed by atoms with Gasteiger partial charge in [0.2, 0.25) is 5.66 Å². The topological polar surface area (TPSA) is 95.6 Å². The first-order chi connectivity index (χ1) is 7.45. The van der Waals surface area contributed by atoms with Crippen LogP contribution < -0.4 is 11.1 Å². The van der Waals surface area contributed by atoms with Crippen LogP contribution in [0, 0.1) is 6.92 Å². The quantitative estimate of drug-likeness (QED) is 0.551. The molecule has 5 nitrogen and oxygen atoms in total. The molecule has 84 valence electrons. The molecule has 0 fully saturated rings. The van der Waals surface area contributed by atoms with Crippen molar-refractivity contribution in [2.75, 3.05) is 0 Å². The first kappa shape index (κ1) is 10.5. The molecule has 0 spiro atoms. The molecule has 0 aliphatic carbocycles. The van der Waals surface area contributed by atoms with E-state index in [1.165, 1.54) is 12.3 Å². The van der Waals surface area contributed by atoms with E-state index in [1.807, 2.05) is 0 Å². The van der Waals surface area contributed by atoms with Gasteiger partial charge in [-0.15, -0.1) is 0 Å². The minimum Gasteiger partial charge on any atom is -0.508 e. The predicted molar refractivity (Wildman–Crippen MR) is 58.5 cm³/mol. The maximum absolute atomic E-state index is 11.2. The highest BCUT2D eigenvalue weighted by atomic mass is 16.4. The number of aliphatic carboxylic acids is 1. The summed E-state index contributed by atoms with van der Waals surface area (Å²) in [6, 6.07) is 3.09. The first-order valence-corrected chi connectivity index (χ1v) is 4.76. The van der Waals surface area contributed by atoms with E-state index in [-0.39, 0.29) is 5.75 Å². The fourth-order valence-corrected chi connectivity index (χ4v) is 1.71. The van der Waals surface area contributed by atoms with Crippen molar-refractivity contribution in [2.24, 2.45) is 5.73 Å². The Labute approximate surface area is 92.2 Å². The number of nitrogens with two attached hydrogens (primary N) is 1. The zero-order valence-electron chi connectivity index (χ0n) is 8.69. The van der Waals surface area contributed by atoms with Crippen molar-refractivity contribution in [3.8, 4) is 5.75 Å². The van der Waals surface area contributed by atoms with Crippen molar-refractivity contribution in [2.45, 2.75) is 12.6 Å². The number of phenols is 1. The molecule has 1 aliphatic rings. The summed E-state index contributed by atoms with van der Waals surface area (Å²) in [6.45, 7) is 1.69. The molecule has 0 saturated heterocycles. The van der Waals surface area contributed by atoms with E-state index >= 15 is 0 Å². The van der Waals surface area contributed by atoms with Crippen molar-refractivity contribution in [1.82, 2.24) is 5.32 Å². The van der Waals surface area contributed by atoms with Gasteiger partial charge in [0.25, 0.3) is 0 Å². The molecule has 5 N–H and O–H groups in total. The van der Waals surface area contributed by atoms with Crippen molar-refractivity contribution >= 4 is 12.0 Å². The molecule has 1 aromatic rings. The highest BCUT2D eigenvalue weighted by Crippen LogP contribution is 2.30. The Bertz CT molecular complexity index is 496. The molecule has 0 radical (unpaired) electrons. The third kappa shape index (κ3) is 1.33. The van der Waals surface area contributed by atoms with Gasteiger partial charge in [0.05, 0.1) is 0 Å². The Kier molecular flexibility index (Phi) is 2.13. The van der Waals surface area contributed by atoms with Crippen LogP contribution in [0.3, 0.4) is 0 Å². The van der Waals surface area contributed by atoms with Gasteiger partial charge >= 0.3 is 5.97 Å². The van der Waals surface area contributed by atoms with Crippen LogP contribution in [0.25, 0.3) is 6.08 Å². The molecule has 0 saturated carbocycles. The van der Waals surface area contributed by atoms with E-state index in [1.54, 1.807) is 19.1 Å². The fourth-order valence-electron chi connectivity index (χ4n) is 1.71. The molecule has 1 aromatic carbocycles. The summed E-state index contributed by atoms with van der Waals surface area (Å²) in [4.78, 5) is 11.2. The zero-order chi connectivity index (χ0) is 11.9. The van der Waals surface area contributed by atoms with Gasteiger partial charge in [-0.05, 0) is 42.5 Å². The van der Waals surface area contributed by atoms with E-state index < -0.39 is 11.6 Å². The third-order valence-electron chi connectivity index (χ3n) is 2.70. The molecule has 1 aliphatic heterocycles. The van der Waals surface area contributed by atoms with Crippen LogP contribution in [0.1, 0.15) is 16.7 Å². The third-order valence-corrected chi connectivity index (χ3v) is 2.70. The average molecular weight is 220 g/mol. The zero-order valence-corrected chi connectivity index (χ0v) is 8.69. The maximum Gasteiger partial charge on any atom is 0.349 e. The summed E-state index contributed by atoms with van der Waals surface area (Å²) >= 11 is 0. The van der Waals surface area contributed by atoms with Crippen LogP contribution in [-0.4, -0.2) is 16.2 Å². The number of phenolic OH excluding ortho intramolecular Hbond substituents is 1. The van der Waals surface area contributed by atoms with Gasteiger partial charge in [-0.1, -0.05) is 0 Å². The molecule has 1 atom stereocenters. The largest absolute Gasteiger partial charge is 0.508 e. The SMILES string of the molecule is Cc1cc2c(cc1O)C=CNC2(N)C(=O)O. The van der Waals surface area contributed by atoms with E-state index in [0.29, 0.717) is 16.7 Å². The molecular formula is C11H12N2O3. The molecule has 1 unspecified atom stereocenters. The highest BCUT2D eigenvalue weighted by Gasteiger charge is 2.38. The van der Waals surface area contributed by atoms with Crippen LogP contribution in [0.4, 0.5) is 0 Å². The monoisotopic (exact) mass is 220 g/mol. The van der Waals surface area contributed by atoms with Crippen LogP contribution in [0.2, 0.25) is 0 Å². The van der Waals surface area contributed by atoms with Gasteiger partial charge in [-0.25, -0.2) is 4.79 Å². The second-order valence-electron chi connectivity index (χ2n) is 3.82. The Morgan fingerprint density at radius 3 is 2.81 bits per heavy atom. The van der Waals surface area contributed by atoms with E-state index in [2.05, 4.69) is 5.32 Å². The summed E-state index contributed by atoms with van der Waals surface area (Å²) in [5, 5.41) is 21.3. The average Bonchev–Trinajstić information content (AvgIpc) is 2.21. The van der Waals surface area contributed by atoms with Gasteiger partial charge < -0.3 is 15.5 Å². The molecule has 0 amide bonds. The minimum absolute atomic E-state index is 0.123. The second kappa shape index (κ2) is 3.24. The minimum atomic E-state index is -1.64. The number of hydrogen-bond donors (Lipinski definition) is 4.